The van der Waals surface area contributed by atoms with E-state index in [1.165, 1.54) is 0 Å². The number of aliphatic imine (C=N–C) groups is 1. The van der Waals surface area contributed by atoms with Gasteiger partial charge in [-0.15, -0.1) is 0 Å². The Hall–Kier alpha value is -3.36. The van der Waals surface area contributed by atoms with Crippen LogP contribution in [0.1, 0.15) is 29.3 Å². The van der Waals surface area contributed by atoms with Gasteiger partial charge in [-0.2, -0.15) is 8.78 Å². The molecule has 3 N–H and O–H groups in total. The zero-order valence-corrected chi connectivity index (χ0v) is 18.3. The van der Waals surface area contributed by atoms with Crippen LogP contribution in [0, 0.1) is 0 Å². The van der Waals surface area contributed by atoms with Crippen LogP contribution in [0.15, 0.2) is 53.5 Å². The number of nitrogens with one attached hydrogen (secondary N) is 3. The first-order chi connectivity index (χ1) is 15.5. The molecule has 32 heavy (non-hydrogen) atoms. The maximum absolute atomic E-state index is 12.7. The topological polar surface area (TPSA) is 78.0 Å². The second-order valence-corrected chi connectivity index (χ2v) is 7.41. The molecule has 0 bridgehead atoms. The molecule has 1 amide bonds. The number of benzene rings is 2. The smallest absolute Gasteiger partial charge is 0.387 e. The van der Waals surface area contributed by atoms with Crippen LogP contribution in [0.3, 0.4) is 0 Å². The van der Waals surface area contributed by atoms with Gasteiger partial charge in [0.15, 0.2) is 5.96 Å². The van der Waals surface area contributed by atoms with Crippen LogP contribution in [0.4, 0.5) is 14.5 Å². The van der Waals surface area contributed by atoms with Crippen molar-refractivity contribution in [2.45, 2.75) is 32.5 Å². The lowest BCUT2D eigenvalue weighted by atomic mass is 10.1. The molecule has 1 fully saturated rings. The van der Waals surface area contributed by atoms with E-state index in [1.54, 1.807) is 31.3 Å². The standard InChI is InChI=1S/C23H29F2N5O2/c1-3-27-21(31)17-8-6-7-16(13-17)14-28-23(26-2)29-18-11-12-30(15-18)19-9-4-5-10-20(19)32-22(24)25/h4-10,13,18,22H,3,11-12,14-15H2,1-2H3,(H,27,31)(H2,26,28,29). The minimum Gasteiger partial charge on any atom is -0.433 e. The molecular weight excluding hydrogens is 416 g/mol. The van der Waals surface area contributed by atoms with Gasteiger partial charge in [0.2, 0.25) is 0 Å². The van der Waals surface area contributed by atoms with Crippen molar-refractivity contribution in [1.82, 2.24) is 16.0 Å². The largest absolute Gasteiger partial charge is 0.433 e. The maximum atomic E-state index is 12.7. The van der Waals surface area contributed by atoms with Crippen LogP contribution in [-0.4, -0.2) is 51.2 Å². The number of guanidine groups is 1. The molecule has 0 aliphatic carbocycles. The Balaban J connectivity index is 1.55. The summed E-state index contributed by atoms with van der Waals surface area (Å²) in [5.41, 5.74) is 2.23. The number of carbonyl (C=O) groups is 1. The zero-order valence-electron chi connectivity index (χ0n) is 18.3. The Bertz CT molecular complexity index is 938. The van der Waals surface area contributed by atoms with Gasteiger partial charge in [0.1, 0.15) is 5.75 Å². The minimum absolute atomic E-state index is 0.0981. The van der Waals surface area contributed by atoms with Crippen molar-refractivity contribution in [3.63, 3.8) is 0 Å². The van der Waals surface area contributed by atoms with Crippen molar-refractivity contribution >= 4 is 17.6 Å². The molecule has 1 unspecified atom stereocenters. The first-order valence-corrected chi connectivity index (χ1v) is 10.6. The van der Waals surface area contributed by atoms with E-state index >= 15 is 0 Å². The molecule has 172 valence electrons. The average Bonchev–Trinajstić information content (AvgIpc) is 3.25. The van der Waals surface area contributed by atoms with Crippen LogP contribution in [0.25, 0.3) is 0 Å². The first kappa shape index (κ1) is 23.3. The van der Waals surface area contributed by atoms with Gasteiger partial charge in [-0.25, -0.2) is 0 Å². The Labute approximate surface area is 186 Å². The predicted octanol–water partition coefficient (Wildman–Crippen LogP) is 2.98. The van der Waals surface area contributed by atoms with E-state index in [2.05, 4.69) is 25.7 Å². The average molecular weight is 446 g/mol. The number of hydrogen-bond acceptors (Lipinski definition) is 4. The van der Waals surface area contributed by atoms with Crippen molar-refractivity contribution in [2.75, 3.05) is 31.6 Å². The van der Waals surface area contributed by atoms with E-state index in [4.69, 9.17) is 0 Å². The highest BCUT2D eigenvalue weighted by Crippen LogP contribution is 2.31. The minimum atomic E-state index is -2.86. The van der Waals surface area contributed by atoms with Crippen molar-refractivity contribution in [3.05, 3.63) is 59.7 Å². The van der Waals surface area contributed by atoms with Gasteiger partial charge in [-0.05, 0) is 43.2 Å². The SMILES string of the molecule is CCNC(=O)c1cccc(CNC(=NC)NC2CCN(c3ccccc3OC(F)F)C2)c1. The van der Waals surface area contributed by atoms with Crippen molar-refractivity contribution in [2.24, 2.45) is 4.99 Å². The third kappa shape index (κ3) is 6.32. The highest BCUT2D eigenvalue weighted by molar-refractivity contribution is 5.94. The molecule has 9 heteroatoms. The van der Waals surface area contributed by atoms with Crippen LogP contribution in [0.5, 0.6) is 5.75 Å². The van der Waals surface area contributed by atoms with E-state index in [0.717, 1.165) is 12.0 Å². The van der Waals surface area contributed by atoms with Crippen molar-refractivity contribution in [1.29, 1.82) is 0 Å². The van der Waals surface area contributed by atoms with E-state index in [0.29, 0.717) is 43.4 Å². The number of para-hydroxylation sites is 2. The molecule has 7 nitrogen and oxygen atoms in total. The Morgan fingerprint density at radius 2 is 2.03 bits per heavy atom. The van der Waals surface area contributed by atoms with Gasteiger partial charge in [0.05, 0.1) is 5.69 Å². The van der Waals surface area contributed by atoms with Crippen LogP contribution in [-0.2, 0) is 6.54 Å². The summed E-state index contributed by atoms with van der Waals surface area (Å²) in [6, 6.07) is 14.4. The van der Waals surface area contributed by atoms with Gasteiger partial charge in [-0.1, -0.05) is 24.3 Å². The number of alkyl halides is 2. The number of nitrogens with zero attached hydrogens (tertiary/aromatic N) is 2. The monoisotopic (exact) mass is 445 g/mol. The van der Waals surface area contributed by atoms with Crippen LogP contribution in [0.2, 0.25) is 0 Å². The Morgan fingerprint density at radius 1 is 1.22 bits per heavy atom. The van der Waals surface area contributed by atoms with Crippen LogP contribution >= 0.6 is 0 Å². The molecule has 0 radical (unpaired) electrons. The number of anilines is 1. The summed E-state index contributed by atoms with van der Waals surface area (Å²) in [6.45, 7) is 1.46. The predicted molar refractivity (Wildman–Crippen MR) is 121 cm³/mol. The summed E-state index contributed by atoms with van der Waals surface area (Å²) in [5.74, 6) is 0.717. The molecule has 1 aliphatic rings. The number of halogens is 2. The zero-order chi connectivity index (χ0) is 22.9. The van der Waals surface area contributed by atoms with Crippen LogP contribution < -0.4 is 25.6 Å². The molecule has 1 aliphatic heterocycles. The fraction of sp³-hybridized carbons (Fsp3) is 0.391. The number of amides is 1. The Morgan fingerprint density at radius 3 is 2.78 bits per heavy atom. The second-order valence-electron chi connectivity index (χ2n) is 7.41. The first-order valence-electron chi connectivity index (χ1n) is 10.6. The molecule has 0 spiro atoms. The number of hydrogen-bond donors (Lipinski definition) is 3. The van der Waals surface area contributed by atoms with Gasteiger partial charge >= 0.3 is 6.61 Å². The summed E-state index contributed by atoms with van der Waals surface area (Å²) >= 11 is 0. The summed E-state index contributed by atoms with van der Waals surface area (Å²) in [7, 11) is 1.69. The van der Waals surface area contributed by atoms with Crippen molar-refractivity contribution < 1.29 is 18.3 Å². The molecule has 1 saturated heterocycles. The number of ether oxygens (including phenoxy) is 1. The van der Waals surface area contributed by atoms with Gasteiger partial charge in [0, 0.05) is 44.8 Å². The summed E-state index contributed by atoms with van der Waals surface area (Å²) < 4.78 is 30.1. The van der Waals surface area contributed by atoms with Gasteiger partial charge in [-0.3, -0.25) is 9.79 Å². The van der Waals surface area contributed by atoms with E-state index < -0.39 is 6.61 Å². The lowest BCUT2D eigenvalue weighted by Crippen LogP contribution is -2.44. The summed E-state index contributed by atoms with van der Waals surface area (Å²) in [4.78, 5) is 18.3. The quantitative estimate of drug-likeness (QED) is 0.430. The molecule has 2 aromatic carbocycles. The number of rotatable bonds is 8. The van der Waals surface area contributed by atoms with E-state index in [9.17, 15) is 13.6 Å². The Kier molecular flexibility index (Phi) is 8.24. The normalized spacial score (nSPS) is 16.2. The molecule has 1 atom stereocenters. The second kappa shape index (κ2) is 11.3. The van der Waals surface area contributed by atoms with Gasteiger partial charge in [0.25, 0.3) is 5.91 Å². The third-order valence-corrected chi connectivity index (χ3v) is 5.16. The highest BCUT2D eigenvalue weighted by atomic mass is 19.3. The molecule has 1 heterocycles. The fourth-order valence-electron chi connectivity index (χ4n) is 3.67. The maximum Gasteiger partial charge on any atom is 0.387 e. The molecular formula is C23H29F2N5O2. The van der Waals surface area contributed by atoms with E-state index in [-0.39, 0.29) is 17.7 Å². The van der Waals surface area contributed by atoms with E-state index in [1.807, 2.05) is 36.1 Å². The van der Waals surface area contributed by atoms with Gasteiger partial charge < -0.3 is 25.6 Å². The van der Waals surface area contributed by atoms with Crippen molar-refractivity contribution in [3.8, 4) is 5.75 Å². The lowest BCUT2D eigenvalue weighted by molar-refractivity contribution is -0.0495. The highest BCUT2D eigenvalue weighted by Gasteiger charge is 2.26. The molecule has 0 aromatic heterocycles. The fourth-order valence-corrected chi connectivity index (χ4v) is 3.67. The summed E-state index contributed by atoms with van der Waals surface area (Å²) in [5, 5.41) is 9.44. The molecule has 2 aromatic rings. The summed E-state index contributed by atoms with van der Waals surface area (Å²) in [6.07, 6.45) is 0.830. The molecule has 0 saturated carbocycles. The lowest BCUT2D eigenvalue weighted by Gasteiger charge is -2.22. The third-order valence-electron chi connectivity index (χ3n) is 5.16. The molecule has 3 rings (SSSR count). The number of carbonyl (C=O) groups excluding carboxylic acids is 1.